The molecule has 0 heterocycles. The van der Waals surface area contributed by atoms with Crippen LogP contribution in [0.15, 0.2) is 0 Å². The van der Waals surface area contributed by atoms with E-state index in [0.29, 0.717) is 12.3 Å². The average Bonchev–Trinajstić information content (AvgIpc) is 1.99. The Bertz CT molecular complexity index is 280. The number of carbonyl (C=O) groups excluding carboxylic acids is 1. The van der Waals surface area contributed by atoms with Crippen molar-refractivity contribution in [1.29, 1.82) is 0 Å². The Morgan fingerprint density at radius 1 is 1.29 bits per heavy atom. The maximum absolute atomic E-state index is 11.3. The predicted molar refractivity (Wildman–Crippen MR) is 56.6 cm³/mol. The van der Waals surface area contributed by atoms with Crippen molar-refractivity contribution < 1.29 is 13.2 Å². The van der Waals surface area contributed by atoms with Gasteiger partial charge >= 0.3 is 0 Å². The molecule has 0 saturated heterocycles. The summed E-state index contributed by atoms with van der Waals surface area (Å²) in [4.78, 5) is 11.2. The molecule has 0 aromatic heterocycles. The fraction of sp³-hybridized carbons (Fsp3) is 0.889. The van der Waals surface area contributed by atoms with E-state index in [0.717, 1.165) is 4.31 Å². The highest BCUT2D eigenvalue weighted by atomic mass is 32.2. The fourth-order valence-corrected chi connectivity index (χ4v) is 1.83. The summed E-state index contributed by atoms with van der Waals surface area (Å²) in [5, 5.41) is 0. The van der Waals surface area contributed by atoms with Crippen LogP contribution in [-0.2, 0) is 14.8 Å². The van der Waals surface area contributed by atoms with Gasteiger partial charge in [0.15, 0.2) is 0 Å². The van der Waals surface area contributed by atoms with E-state index in [2.05, 4.69) is 0 Å². The first kappa shape index (κ1) is 13.6. The third-order valence-electron chi connectivity index (χ3n) is 1.83. The van der Waals surface area contributed by atoms with Gasteiger partial charge in [-0.05, 0) is 5.92 Å². The second-order valence-electron chi connectivity index (χ2n) is 3.99. The molecule has 0 N–H and O–H groups in total. The maximum Gasteiger partial charge on any atom is 0.214 e. The number of ketones is 1. The van der Waals surface area contributed by atoms with Crippen LogP contribution in [-0.4, -0.2) is 38.4 Å². The van der Waals surface area contributed by atoms with Gasteiger partial charge in [0.05, 0.1) is 5.75 Å². The molecular weight excluding hydrogens is 202 g/mol. The molecule has 84 valence electrons. The molecule has 0 fully saturated rings. The van der Waals surface area contributed by atoms with E-state index in [9.17, 15) is 13.2 Å². The Kier molecular flexibility index (Phi) is 5.29. The van der Waals surface area contributed by atoms with Gasteiger partial charge in [-0.1, -0.05) is 13.8 Å². The summed E-state index contributed by atoms with van der Waals surface area (Å²) in [6.45, 7) is 3.89. The number of carbonyl (C=O) groups is 1. The van der Waals surface area contributed by atoms with Crippen molar-refractivity contribution >= 4 is 15.8 Å². The van der Waals surface area contributed by atoms with Crippen molar-refractivity contribution in [3.8, 4) is 0 Å². The molecule has 0 rings (SSSR count). The normalized spacial score (nSPS) is 12.4. The van der Waals surface area contributed by atoms with Crippen molar-refractivity contribution in [2.75, 3.05) is 19.8 Å². The summed E-state index contributed by atoms with van der Waals surface area (Å²) in [6, 6.07) is 0. The summed E-state index contributed by atoms with van der Waals surface area (Å²) in [5.74, 6) is 0.237. The van der Waals surface area contributed by atoms with E-state index < -0.39 is 10.0 Å². The Morgan fingerprint density at radius 2 is 1.79 bits per heavy atom. The lowest BCUT2D eigenvalue weighted by molar-refractivity contribution is -0.119. The molecular formula is C9H19NO3S. The minimum atomic E-state index is -3.22. The number of nitrogens with zero attached hydrogens (tertiary/aromatic N) is 1. The van der Waals surface area contributed by atoms with Gasteiger partial charge in [-0.2, -0.15) is 0 Å². The van der Waals surface area contributed by atoms with Crippen LogP contribution >= 0.6 is 0 Å². The van der Waals surface area contributed by atoms with Gasteiger partial charge in [0.25, 0.3) is 0 Å². The Labute approximate surface area is 86.3 Å². The standard InChI is InChI=1S/C9H19NO3S/c1-8(2)7-9(11)5-6-14(12,13)10(3)4/h8H,5-7H2,1-4H3. The van der Waals surface area contributed by atoms with Crippen molar-refractivity contribution in [2.24, 2.45) is 5.92 Å². The lowest BCUT2D eigenvalue weighted by atomic mass is 10.1. The highest BCUT2D eigenvalue weighted by molar-refractivity contribution is 7.89. The first-order valence-electron chi connectivity index (χ1n) is 4.67. The molecule has 0 saturated carbocycles. The second-order valence-corrected chi connectivity index (χ2v) is 6.29. The summed E-state index contributed by atoms with van der Waals surface area (Å²) in [5.41, 5.74) is 0. The first-order valence-corrected chi connectivity index (χ1v) is 6.28. The molecule has 0 amide bonds. The fourth-order valence-electron chi connectivity index (χ4n) is 0.983. The molecule has 4 nitrogen and oxygen atoms in total. The van der Waals surface area contributed by atoms with E-state index in [1.165, 1.54) is 14.1 Å². The van der Waals surface area contributed by atoms with Crippen LogP contribution in [0, 0.1) is 5.92 Å². The van der Waals surface area contributed by atoms with Gasteiger partial charge in [-0.15, -0.1) is 0 Å². The van der Waals surface area contributed by atoms with E-state index in [-0.39, 0.29) is 18.0 Å². The monoisotopic (exact) mass is 221 g/mol. The van der Waals surface area contributed by atoms with Crippen molar-refractivity contribution in [3.63, 3.8) is 0 Å². The van der Waals surface area contributed by atoms with Crippen LogP contribution in [0.5, 0.6) is 0 Å². The van der Waals surface area contributed by atoms with E-state index in [1.807, 2.05) is 13.8 Å². The lowest BCUT2D eigenvalue weighted by Crippen LogP contribution is -2.26. The van der Waals surface area contributed by atoms with E-state index in [1.54, 1.807) is 0 Å². The van der Waals surface area contributed by atoms with Crippen LogP contribution in [0.3, 0.4) is 0 Å². The van der Waals surface area contributed by atoms with Gasteiger partial charge in [0, 0.05) is 26.9 Å². The molecule has 0 spiro atoms. The average molecular weight is 221 g/mol. The molecule has 0 aliphatic rings. The van der Waals surface area contributed by atoms with E-state index in [4.69, 9.17) is 0 Å². The largest absolute Gasteiger partial charge is 0.300 e. The SMILES string of the molecule is CC(C)CC(=O)CCS(=O)(=O)N(C)C. The lowest BCUT2D eigenvalue weighted by Gasteiger charge is -2.10. The zero-order valence-corrected chi connectivity index (χ0v) is 10.1. The van der Waals surface area contributed by atoms with Gasteiger partial charge in [0.1, 0.15) is 5.78 Å². The van der Waals surface area contributed by atoms with Gasteiger partial charge < -0.3 is 0 Å². The van der Waals surface area contributed by atoms with Crippen LogP contribution in [0.1, 0.15) is 26.7 Å². The molecule has 0 atom stereocenters. The predicted octanol–water partition coefficient (Wildman–Crippen LogP) is 0.883. The first-order chi connectivity index (χ1) is 6.25. The van der Waals surface area contributed by atoms with Crippen LogP contribution in [0.4, 0.5) is 0 Å². The minimum absolute atomic E-state index is 0.0189. The van der Waals surface area contributed by atoms with Crippen molar-refractivity contribution in [1.82, 2.24) is 4.31 Å². The number of Topliss-reactive ketones (excluding diaryl/α,β-unsaturated/α-hetero) is 1. The number of hydrogen-bond acceptors (Lipinski definition) is 3. The highest BCUT2D eigenvalue weighted by Gasteiger charge is 2.15. The smallest absolute Gasteiger partial charge is 0.214 e. The van der Waals surface area contributed by atoms with Crippen molar-refractivity contribution in [3.05, 3.63) is 0 Å². The topological polar surface area (TPSA) is 54.5 Å². The number of rotatable bonds is 6. The van der Waals surface area contributed by atoms with Crippen molar-refractivity contribution in [2.45, 2.75) is 26.7 Å². The second kappa shape index (κ2) is 5.46. The molecule has 0 aliphatic heterocycles. The Balaban J connectivity index is 4.01. The maximum atomic E-state index is 11.3. The summed E-state index contributed by atoms with van der Waals surface area (Å²) in [6.07, 6.45) is 0.585. The van der Waals surface area contributed by atoms with Gasteiger partial charge in [-0.25, -0.2) is 12.7 Å². The zero-order chi connectivity index (χ0) is 11.4. The zero-order valence-electron chi connectivity index (χ0n) is 9.28. The van der Waals surface area contributed by atoms with E-state index >= 15 is 0 Å². The van der Waals surface area contributed by atoms with Gasteiger partial charge in [0.2, 0.25) is 10.0 Å². The summed E-state index contributed by atoms with van der Waals surface area (Å²) < 4.78 is 23.7. The van der Waals surface area contributed by atoms with Crippen LogP contribution < -0.4 is 0 Å². The number of sulfonamides is 1. The molecule has 0 aliphatic carbocycles. The Morgan fingerprint density at radius 3 is 2.14 bits per heavy atom. The molecule has 0 aromatic rings. The molecule has 5 heteroatoms. The van der Waals surface area contributed by atoms with Crippen LogP contribution in [0.25, 0.3) is 0 Å². The van der Waals surface area contributed by atoms with Crippen LogP contribution in [0.2, 0.25) is 0 Å². The third kappa shape index (κ3) is 5.34. The third-order valence-corrected chi connectivity index (χ3v) is 3.66. The van der Waals surface area contributed by atoms with Gasteiger partial charge in [-0.3, -0.25) is 4.79 Å². The molecule has 0 aromatic carbocycles. The molecule has 0 radical (unpaired) electrons. The Hall–Kier alpha value is -0.420. The summed E-state index contributed by atoms with van der Waals surface area (Å²) >= 11 is 0. The minimum Gasteiger partial charge on any atom is -0.300 e. The quantitative estimate of drug-likeness (QED) is 0.669. The molecule has 14 heavy (non-hydrogen) atoms. The number of hydrogen-bond donors (Lipinski definition) is 0. The molecule has 0 bridgehead atoms. The highest BCUT2D eigenvalue weighted by Crippen LogP contribution is 2.05. The summed E-state index contributed by atoms with van der Waals surface area (Å²) in [7, 11) is -0.268. The molecule has 0 unspecified atom stereocenters.